The lowest BCUT2D eigenvalue weighted by Gasteiger charge is -2.20. The van der Waals surface area contributed by atoms with Crippen molar-refractivity contribution in [2.45, 2.75) is 37.0 Å². The van der Waals surface area contributed by atoms with Gasteiger partial charge in [-0.05, 0) is 19.3 Å². The standard InChI is InChI=1S/C10H14N2O4S/c13-9(14)6-17-10-11-8(12-16-10)5-7-3-1-2-4-15-7/h7H,1-6H2,(H,13,14). The average molecular weight is 258 g/mol. The second-order valence-corrected chi connectivity index (χ2v) is 4.78. The number of carboxylic acid groups (broad SMARTS) is 1. The molecule has 0 spiro atoms. The van der Waals surface area contributed by atoms with Crippen molar-refractivity contribution >= 4 is 17.7 Å². The first-order valence-corrected chi connectivity index (χ1v) is 6.51. The summed E-state index contributed by atoms with van der Waals surface area (Å²) in [6.45, 7) is 0.795. The van der Waals surface area contributed by atoms with Gasteiger partial charge in [-0.2, -0.15) is 4.98 Å². The number of carboxylic acids is 1. The molecule has 1 aromatic heterocycles. The normalized spacial score (nSPS) is 20.4. The molecule has 0 amide bonds. The fraction of sp³-hybridized carbons (Fsp3) is 0.700. The van der Waals surface area contributed by atoms with Crippen LogP contribution in [0.5, 0.6) is 0 Å². The highest BCUT2D eigenvalue weighted by Crippen LogP contribution is 2.19. The predicted molar refractivity (Wildman–Crippen MR) is 60.0 cm³/mol. The third-order valence-electron chi connectivity index (χ3n) is 2.45. The van der Waals surface area contributed by atoms with E-state index in [-0.39, 0.29) is 11.9 Å². The maximum absolute atomic E-state index is 10.4. The number of aromatic nitrogens is 2. The minimum atomic E-state index is -0.898. The van der Waals surface area contributed by atoms with Crippen molar-refractivity contribution in [2.75, 3.05) is 12.4 Å². The zero-order chi connectivity index (χ0) is 12.1. The van der Waals surface area contributed by atoms with Gasteiger partial charge in [0.2, 0.25) is 0 Å². The van der Waals surface area contributed by atoms with Crippen molar-refractivity contribution in [1.82, 2.24) is 10.1 Å². The summed E-state index contributed by atoms with van der Waals surface area (Å²) in [6.07, 6.45) is 4.10. The SMILES string of the molecule is O=C(O)CSc1nc(CC2CCCCO2)no1. The maximum atomic E-state index is 10.4. The van der Waals surface area contributed by atoms with Gasteiger partial charge in [0.25, 0.3) is 5.22 Å². The summed E-state index contributed by atoms with van der Waals surface area (Å²) < 4.78 is 10.5. The molecule has 0 radical (unpaired) electrons. The number of carbonyl (C=O) groups is 1. The molecule has 2 rings (SSSR count). The highest BCUT2D eigenvalue weighted by Gasteiger charge is 2.18. The molecule has 0 saturated carbocycles. The van der Waals surface area contributed by atoms with Gasteiger partial charge in [0, 0.05) is 13.0 Å². The van der Waals surface area contributed by atoms with Crippen LogP contribution in [0.1, 0.15) is 25.1 Å². The molecule has 1 fully saturated rings. The van der Waals surface area contributed by atoms with Crippen LogP contribution in [0.3, 0.4) is 0 Å². The van der Waals surface area contributed by atoms with Gasteiger partial charge < -0.3 is 14.4 Å². The van der Waals surface area contributed by atoms with Crippen LogP contribution in [0.25, 0.3) is 0 Å². The molecule has 1 N–H and O–H groups in total. The largest absolute Gasteiger partial charge is 0.481 e. The Morgan fingerprint density at radius 3 is 3.12 bits per heavy atom. The number of thioether (sulfide) groups is 1. The molecule has 1 aromatic rings. The Bertz CT molecular complexity index is 376. The van der Waals surface area contributed by atoms with Crippen LogP contribution in [0, 0.1) is 0 Å². The lowest BCUT2D eigenvalue weighted by Crippen LogP contribution is -2.21. The van der Waals surface area contributed by atoms with Crippen molar-refractivity contribution in [3.05, 3.63) is 5.82 Å². The lowest BCUT2D eigenvalue weighted by atomic mass is 10.1. The Labute approximate surface area is 103 Å². The molecule has 17 heavy (non-hydrogen) atoms. The number of ether oxygens (including phenoxy) is 1. The van der Waals surface area contributed by atoms with Gasteiger partial charge in [-0.15, -0.1) is 0 Å². The summed E-state index contributed by atoms with van der Waals surface area (Å²) >= 11 is 1.03. The summed E-state index contributed by atoms with van der Waals surface area (Å²) in [7, 11) is 0. The van der Waals surface area contributed by atoms with Crippen LogP contribution < -0.4 is 0 Å². The predicted octanol–water partition coefficient (Wildman–Crippen LogP) is 1.36. The molecule has 1 aliphatic rings. The first kappa shape index (κ1) is 12.4. The van der Waals surface area contributed by atoms with Gasteiger partial charge in [0.15, 0.2) is 5.82 Å². The van der Waals surface area contributed by atoms with E-state index < -0.39 is 5.97 Å². The van der Waals surface area contributed by atoms with Crippen LogP contribution in [0.15, 0.2) is 9.75 Å². The molecular weight excluding hydrogens is 244 g/mol. The Morgan fingerprint density at radius 2 is 2.41 bits per heavy atom. The summed E-state index contributed by atoms with van der Waals surface area (Å²) in [6, 6.07) is 0. The van der Waals surface area contributed by atoms with Gasteiger partial charge in [-0.3, -0.25) is 4.79 Å². The third-order valence-corrected chi connectivity index (χ3v) is 3.26. The first-order valence-electron chi connectivity index (χ1n) is 5.53. The van der Waals surface area contributed by atoms with Crippen molar-refractivity contribution in [1.29, 1.82) is 0 Å². The third kappa shape index (κ3) is 4.01. The zero-order valence-corrected chi connectivity index (χ0v) is 10.1. The van der Waals surface area contributed by atoms with Crippen LogP contribution in [0.2, 0.25) is 0 Å². The number of hydrogen-bond donors (Lipinski definition) is 1. The van der Waals surface area contributed by atoms with Gasteiger partial charge in [-0.25, -0.2) is 0 Å². The van der Waals surface area contributed by atoms with Crippen LogP contribution in [0.4, 0.5) is 0 Å². The second-order valence-electron chi connectivity index (χ2n) is 3.85. The van der Waals surface area contributed by atoms with Crippen molar-refractivity contribution < 1.29 is 19.2 Å². The molecule has 0 aliphatic carbocycles. The van der Waals surface area contributed by atoms with E-state index in [1.807, 2.05) is 0 Å². The van der Waals surface area contributed by atoms with Crippen LogP contribution >= 0.6 is 11.8 Å². The van der Waals surface area contributed by atoms with E-state index in [1.54, 1.807) is 0 Å². The van der Waals surface area contributed by atoms with Gasteiger partial charge in [0.1, 0.15) is 5.75 Å². The zero-order valence-electron chi connectivity index (χ0n) is 9.29. The van der Waals surface area contributed by atoms with Crippen molar-refractivity contribution in [3.63, 3.8) is 0 Å². The molecule has 1 atom stereocenters. The quantitative estimate of drug-likeness (QED) is 0.798. The summed E-state index contributed by atoms with van der Waals surface area (Å²) in [5, 5.41) is 12.6. The molecule has 7 heteroatoms. The topological polar surface area (TPSA) is 85.5 Å². The molecule has 1 unspecified atom stereocenters. The average Bonchev–Trinajstić information content (AvgIpc) is 2.75. The van der Waals surface area contributed by atoms with E-state index in [0.717, 1.165) is 31.2 Å². The minimum absolute atomic E-state index is 0.0679. The van der Waals surface area contributed by atoms with Gasteiger partial charge in [-0.1, -0.05) is 16.9 Å². The van der Waals surface area contributed by atoms with E-state index in [0.29, 0.717) is 17.5 Å². The van der Waals surface area contributed by atoms with E-state index in [9.17, 15) is 4.79 Å². The van der Waals surface area contributed by atoms with E-state index >= 15 is 0 Å². The molecule has 6 nitrogen and oxygen atoms in total. The monoisotopic (exact) mass is 258 g/mol. The molecule has 0 aromatic carbocycles. The fourth-order valence-corrected chi connectivity index (χ4v) is 2.18. The minimum Gasteiger partial charge on any atom is -0.481 e. The molecule has 0 bridgehead atoms. The van der Waals surface area contributed by atoms with Crippen molar-refractivity contribution in [2.24, 2.45) is 0 Å². The molecule has 1 aliphatic heterocycles. The Balaban J connectivity index is 1.82. The second kappa shape index (κ2) is 6.02. The van der Waals surface area contributed by atoms with Gasteiger partial charge in [0.05, 0.1) is 6.10 Å². The van der Waals surface area contributed by atoms with Crippen molar-refractivity contribution in [3.8, 4) is 0 Å². The van der Waals surface area contributed by atoms with Crippen LogP contribution in [-0.2, 0) is 16.0 Å². The van der Waals surface area contributed by atoms with E-state index in [2.05, 4.69) is 10.1 Å². The van der Waals surface area contributed by atoms with E-state index in [4.69, 9.17) is 14.4 Å². The molecular formula is C10H14N2O4S. The Kier molecular flexibility index (Phi) is 4.38. The number of rotatable bonds is 5. The summed E-state index contributed by atoms with van der Waals surface area (Å²) in [4.78, 5) is 14.5. The van der Waals surface area contributed by atoms with E-state index in [1.165, 1.54) is 6.42 Å². The smallest absolute Gasteiger partial charge is 0.314 e. The lowest BCUT2D eigenvalue weighted by molar-refractivity contribution is -0.133. The molecule has 94 valence electrons. The number of hydrogen-bond acceptors (Lipinski definition) is 6. The van der Waals surface area contributed by atoms with Gasteiger partial charge >= 0.3 is 5.97 Å². The molecule has 2 heterocycles. The molecule has 1 saturated heterocycles. The fourth-order valence-electron chi connectivity index (χ4n) is 1.67. The highest BCUT2D eigenvalue weighted by atomic mass is 32.2. The Hall–Kier alpha value is -1.08. The summed E-state index contributed by atoms with van der Waals surface area (Å²) in [5.41, 5.74) is 0. The number of nitrogens with zero attached hydrogens (tertiary/aromatic N) is 2. The summed E-state index contributed by atoms with van der Waals surface area (Å²) in [5.74, 6) is -0.378. The van der Waals surface area contributed by atoms with Crippen LogP contribution in [-0.4, -0.2) is 39.7 Å². The maximum Gasteiger partial charge on any atom is 0.314 e. The highest BCUT2D eigenvalue weighted by molar-refractivity contribution is 7.99. The number of aliphatic carboxylic acids is 1. The Morgan fingerprint density at radius 1 is 1.53 bits per heavy atom. The first-order chi connectivity index (χ1) is 8.24.